The Balaban J connectivity index is 2.87. The predicted octanol–water partition coefficient (Wildman–Crippen LogP) is 1.24. The number of nitrogens with zero attached hydrogens (tertiary/aromatic N) is 2. The lowest BCUT2D eigenvalue weighted by Gasteiger charge is -2.25. The van der Waals surface area contributed by atoms with Gasteiger partial charge >= 0.3 is 10.2 Å². The van der Waals surface area contributed by atoms with Gasteiger partial charge in [0.2, 0.25) is 0 Å². The van der Waals surface area contributed by atoms with Crippen LogP contribution in [0.5, 0.6) is 0 Å². The van der Waals surface area contributed by atoms with Crippen LogP contribution in [-0.4, -0.2) is 45.1 Å². The summed E-state index contributed by atoms with van der Waals surface area (Å²) in [6.07, 6.45) is 1.35. The highest BCUT2D eigenvalue weighted by molar-refractivity contribution is 7.90. The molecule has 0 aliphatic rings. The van der Waals surface area contributed by atoms with Crippen LogP contribution in [0.1, 0.15) is 18.9 Å². The van der Waals surface area contributed by atoms with E-state index in [-0.39, 0.29) is 6.61 Å². The van der Waals surface area contributed by atoms with E-state index < -0.39 is 10.2 Å². The van der Waals surface area contributed by atoms with Crippen molar-refractivity contribution in [2.75, 3.05) is 31.6 Å². The van der Waals surface area contributed by atoms with Crippen LogP contribution >= 0.6 is 0 Å². The van der Waals surface area contributed by atoms with Gasteiger partial charge in [0, 0.05) is 27.2 Å². The Morgan fingerprint density at radius 2 is 1.74 bits per heavy atom. The summed E-state index contributed by atoms with van der Waals surface area (Å²) in [5.74, 6) is 0. The van der Waals surface area contributed by atoms with Gasteiger partial charge in [-0.2, -0.15) is 12.7 Å². The number of rotatable bonds is 7. The molecule has 0 bridgehead atoms. The van der Waals surface area contributed by atoms with Gasteiger partial charge in [0.25, 0.3) is 0 Å². The number of aliphatic hydroxyl groups is 1. The van der Waals surface area contributed by atoms with E-state index >= 15 is 0 Å². The van der Waals surface area contributed by atoms with Crippen molar-refractivity contribution < 1.29 is 13.5 Å². The van der Waals surface area contributed by atoms with E-state index in [1.807, 2.05) is 12.1 Å². The fraction of sp³-hybridized carbons (Fsp3) is 0.538. The van der Waals surface area contributed by atoms with Gasteiger partial charge in [0.1, 0.15) is 0 Å². The molecule has 0 aliphatic carbocycles. The van der Waals surface area contributed by atoms with Crippen LogP contribution in [0.4, 0.5) is 5.69 Å². The fourth-order valence-electron chi connectivity index (χ4n) is 1.69. The Bertz CT molecular complexity index is 485. The van der Waals surface area contributed by atoms with Crippen LogP contribution in [-0.2, 0) is 16.6 Å². The summed E-state index contributed by atoms with van der Waals surface area (Å²) in [6.45, 7) is 2.34. The largest absolute Gasteiger partial charge is 0.396 e. The van der Waals surface area contributed by atoms with Crippen molar-refractivity contribution >= 4 is 15.9 Å². The molecule has 108 valence electrons. The molecule has 0 unspecified atom stereocenters. The second kappa shape index (κ2) is 6.88. The average molecular weight is 286 g/mol. The minimum atomic E-state index is -3.53. The molecule has 0 spiro atoms. The van der Waals surface area contributed by atoms with Crippen LogP contribution in [0.25, 0.3) is 0 Å². The first kappa shape index (κ1) is 15.9. The lowest BCUT2D eigenvalue weighted by atomic mass is 10.1. The second-order valence-electron chi connectivity index (χ2n) is 4.39. The summed E-state index contributed by atoms with van der Waals surface area (Å²) < 4.78 is 27.0. The first-order valence-electron chi connectivity index (χ1n) is 6.33. The number of aryl methyl sites for hydroxylation is 1. The average Bonchev–Trinajstić information content (AvgIpc) is 2.43. The van der Waals surface area contributed by atoms with Gasteiger partial charge in [-0.05, 0) is 30.5 Å². The first-order valence-corrected chi connectivity index (χ1v) is 7.73. The number of hydrogen-bond donors (Lipinski definition) is 1. The molecule has 0 fully saturated rings. The summed E-state index contributed by atoms with van der Waals surface area (Å²) >= 11 is 0. The third-order valence-electron chi connectivity index (χ3n) is 3.08. The van der Waals surface area contributed by atoms with Crippen LogP contribution in [0, 0.1) is 0 Å². The standard InChI is InChI=1S/C13H22N2O3S/c1-4-12-6-8-13(9-7-12)15(3)19(17,18)14(2)10-5-11-16/h6-9,16H,4-5,10-11H2,1-3H3. The molecule has 1 rings (SSSR count). The molecule has 0 aliphatic heterocycles. The summed E-state index contributed by atoms with van der Waals surface area (Å²) in [6, 6.07) is 7.46. The molecule has 0 heterocycles. The fourth-order valence-corrected chi connectivity index (χ4v) is 2.86. The molecule has 1 aromatic carbocycles. The molecular weight excluding hydrogens is 264 g/mol. The zero-order valence-electron chi connectivity index (χ0n) is 11.7. The molecule has 0 saturated heterocycles. The van der Waals surface area contributed by atoms with Crippen molar-refractivity contribution in [3.8, 4) is 0 Å². The van der Waals surface area contributed by atoms with E-state index in [2.05, 4.69) is 6.92 Å². The molecule has 0 amide bonds. The monoisotopic (exact) mass is 286 g/mol. The number of aliphatic hydroxyl groups excluding tert-OH is 1. The third kappa shape index (κ3) is 3.92. The minimum Gasteiger partial charge on any atom is -0.396 e. The first-order chi connectivity index (χ1) is 8.93. The maximum atomic E-state index is 12.3. The maximum absolute atomic E-state index is 12.3. The van der Waals surface area contributed by atoms with Crippen molar-refractivity contribution in [2.45, 2.75) is 19.8 Å². The lowest BCUT2D eigenvalue weighted by Crippen LogP contribution is -2.40. The molecule has 0 atom stereocenters. The third-order valence-corrected chi connectivity index (χ3v) is 4.95. The van der Waals surface area contributed by atoms with Crippen molar-refractivity contribution in [3.05, 3.63) is 29.8 Å². The molecule has 1 aromatic rings. The summed E-state index contributed by atoms with van der Waals surface area (Å²) in [4.78, 5) is 0. The van der Waals surface area contributed by atoms with E-state index in [1.165, 1.54) is 28.3 Å². The van der Waals surface area contributed by atoms with Crippen molar-refractivity contribution in [1.82, 2.24) is 4.31 Å². The van der Waals surface area contributed by atoms with Gasteiger partial charge in [-0.3, -0.25) is 4.31 Å². The Labute approximate surface area is 115 Å². The summed E-state index contributed by atoms with van der Waals surface area (Å²) in [7, 11) is -0.479. The van der Waals surface area contributed by atoms with Crippen LogP contribution in [0.2, 0.25) is 0 Å². The SMILES string of the molecule is CCc1ccc(N(C)S(=O)(=O)N(C)CCCO)cc1. The number of benzene rings is 1. The number of anilines is 1. The Kier molecular flexibility index (Phi) is 5.78. The van der Waals surface area contributed by atoms with Crippen molar-refractivity contribution in [1.29, 1.82) is 0 Å². The lowest BCUT2D eigenvalue weighted by molar-refractivity contribution is 0.275. The van der Waals surface area contributed by atoms with Gasteiger partial charge in [-0.25, -0.2) is 0 Å². The zero-order valence-corrected chi connectivity index (χ0v) is 12.5. The Morgan fingerprint density at radius 1 is 1.16 bits per heavy atom. The zero-order chi connectivity index (χ0) is 14.5. The Hall–Kier alpha value is -1.11. The molecule has 19 heavy (non-hydrogen) atoms. The molecular formula is C13H22N2O3S. The molecule has 0 aromatic heterocycles. The van der Waals surface area contributed by atoms with Crippen molar-refractivity contribution in [2.24, 2.45) is 0 Å². The van der Waals surface area contributed by atoms with Gasteiger partial charge in [0.05, 0.1) is 5.69 Å². The van der Waals surface area contributed by atoms with Gasteiger partial charge in [0.15, 0.2) is 0 Å². The topological polar surface area (TPSA) is 60.9 Å². The van der Waals surface area contributed by atoms with Crippen LogP contribution in [0.3, 0.4) is 0 Å². The van der Waals surface area contributed by atoms with Gasteiger partial charge < -0.3 is 5.11 Å². The van der Waals surface area contributed by atoms with Gasteiger partial charge in [-0.15, -0.1) is 0 Å². The van der Waals surface area contributed by atoms with E-state index in [9.17, 15) is 8.42 Å². The smallest absolute Gasteiger partial charge is 0.303 e. The molecule has 1 N–H and O–H groups in total. The van der Waals surface area contributed by atoms with Crippen LogP contribution in [0.15, 0.2) is 24.3 Å². The minimum absolute atomic E-state index is 0.0191. The maximum Gasteiger partial charge on any atom is 0.303 e. The van der Waals surface area contributed by atoms with Gasteiger partial charge in [-0.1, -0.05) is 19.1 Å². The highest BCUT2D eigenvalue weighted by Crippen LogP contribution is 2.19. The number of hydrogen-bond acceptors (Lipinski definition) is 3. The second-order valence-corrected chi connectivity index (χ2v) is 6.46. The normalized spacial score (nSPS) is 11.8. The van der Waals surface area contributed by atoms with E-state index in [4.69, 9.17) is 5.11 Å². The summed E-state index contributed by atoms with van der Waals surface area (Å²) in [5.41, 5.74) is 1.80. The predicted molar refractivity (Wildman–Crippen MR) is 77.5 cm³/mol. The Morgan fingerprint density at radius 3 is 2.21 bits per heavy atom. The summed E-state index contributed by atoms with van der Waals surface area (Å²) in [5, 5.41) is 8.76. The van der Waals surface area contributed by atoms with E-state index in [0.717, 1.165) is 6.42 Å². The molecule has 6 heteroatoms. The van der Waals surface area contributed by atoms with E-state index in [0.29, 0.717) is 18.7 Å². The molecule has 5 nitrogen and oxygen atoms in total. The van der Waals surface area contributed by atoms with Crippen LogP contribution < -0.4 is 4.31 Å². The van der Waals surface area contributed by atoms with E-state index in [1.54, 1.807) is 12.1 Å². The molecule has 0 saturated carbocycles. The van der Waals surface area contributed by atoms with Crippen molar-refractivity contribution in [3.63, 3.8) is 0 Å². The quantitative estimate of drug-likeness (QED) is 0.820. The molecule has 0 radical (unpaired) electrons. The highest BCUT2D eigenvalue weighted by atomic mass is 32.2. The highest BCUT2D eigenvalue weighted by Gasteiger charge is 2.23.